The van der Waals surface area contributed by atoms with Gasteiger partial charge in [-0.15, -0.1) is 0 Å². The lowest BCUT2D eigenvalue weighted by molar-refractivity contribution is 0.259. The number of hydrogen-bond donors (Lipinski definition) is 2. The van der Waals surface area contributed by atoms with Crippen LogP contribution < -0.4 is 10.5 Å². The van der Waals surface area contributed by atoms with E-state index in [0.29, 0.717) is 19.0 Å². The number of nitrogens with two attached hydrogens (primary N) is 1. The average Bonchev–Trinajstić information content (AvgIpc) is 2.36. The molecule has 1 unspecified atom stereocenters. The second-order valence-corrected chi connectivity index (χ2v) is 6.38. The van der Waals surface area contributed by atoms with Crippen LogP contribution in [0.4, 0.5) is 14.5 Å². The highest BCUT2D eigenvalue weighted by molar-refractivity contribution is 7.90. The molecule has 0 bridgehead atoms. The van der Waals surface area contributed by atoms with Crippen molar-refractivity contribution in [1.29, 1.82) is 0 Å². The standard InChI is InChI=1S/C12H17F2N3O2S/c13-9-5-10(14)7-11(6-9)16-20(18,19)17-4-2-1-3-12(17)8-15/h5-7,12,16H,1-4,8,15H2. The number of halogens is 2. The Kier molecular flexibility index (Phi) is 4.56. The highest BCUT2D eigenvalue weighted by Gasteiger charge is 2.31. The minimum atomic E-state index is -3.86. The Morgan fingerprint density at radius 2 is 1.90 bits per heavy atom. The second-order valence-electron chi connectivity index (χ2n) is 4.76. The van der Waals surface area contributed by atoms with Crippen LogP contribution in [0, 0.1) is 11.6 Å². The third-order valence-electron chi connectivity index (χ3n) is 3.26. The van der Waals surface area contributed by atoms with E-state index in [4.69, 9.17) is 5.73 Å². The van der Waals surface area contributed by atoms with Crippen molar-refractivity contribution in [2.75, 3.05) is 17.8 Å². The van der Waals surface area contributed by atoms with E-state index in [0.717, 1.165) is 25.0 Å². The highest BCUT2D eigenvalue weighted by atomic mass is 32.2. The molecule has 1 fully saturated rings. The van der Waals surface area contributed by atoms with Gasteiger partial charge in [0, 0.05) is 25.2 Å². The normalized spacial score (nSPS) is 20.9. The Balaban J connectivity index is 2.21. The first-order valence-corrected chi connectivity index (χ1v) is 7.82. The van der Waals surface area contributed by atoms with E-state index in [1.165, 1.54) is 4.31 Å². The minimum Gasteiger partial charge on any atom is -0.329 e. The van der Waals surface area contributed by atoms with Gasteiger partial charge in [0.2, 0.25) is 0 Å². The lowest BCUT2D eigenvalue weighted by Gasteiger charge is -2.33. The minimum absolute atomic E-state index is 0.135. The average molecular weight is 305 g/mol. The third kappa shape index (κ3) is 3.44. The van der Waals surface area contributed by atoms with Gasteiger partial charge in [-0.2, -0.15) is 12.7 Å². The summed E-state index contributed by atoms with van der Waals surface area (Å²) in [6.07, 6.45) is 2.35. The maximum Gasteiger partial charge on any atom is 0.301 e. The van der Waals surface area contributed by atoms with Crippen LogP contribution in [0.25, 0.3) is 0 Å². The van der Waals surface area contributed by atoms with Gasteiger partial charge >= 0.3 is 10.2 Å². The summed E-state index contributed by atoms with van der Waals surface area (Å²) in [5.74, 6) is -1.67. The van der Waals surface area contributed by atoms with E-state index in [-0.39, 0.29) is 18.3 Å². The van der Waals surface area contributed by atoms with E-state index >= 15 is 0 Å². The molecule has 2 rings (SSSR count). The van der Waals surface area contributed by atoms with Gasteiger partial charge < -0.3 is 5.73 Å². The van der Waals surface area contributed by atoms with Gasteiger partial charge in [0.25, 0.3) is 0 Å². The van der Waals surface area contributed by atoms with Crippen LogP contribution in [0.15, 0.2) is 18.2 Å². The molecule has 112 valence electrons. The molecule has 1 atom stereocenters. The molecule has 20 heavy (non-hydrogen) atoms. The lowest BCUT2D eigenvalue weighted by Crippen LogP contribution is -2.49. The van der Waals surface area contributed by atoms with E-state index < -0.39 is 21.8 Å². The molecule has 1 aromatic rings. The van der Waals surface area contributed by atoms with Crippen molar-refractivity contribution in [2.45, 2.75) is 25.3 Å². The molecule has 1 saturated heterocycles. The van der Waals surface area contributed by atoms with Crippen molar-refractivity contribution < 1.29 is 17.2 Å². The van der Waals surface area contributed by atoms with Crippen LogP contribution in [0.3, 0.4) is 0 Å². The molecule has 0 saturated carbocycles. The molecule has 0 amide bonds. The van der Waals surface area contributed by atoms with Crippen molar-refractivity contribution in [1.82, 2.24) is 4.31 Å². The highest BCUT2D eigenvalue weighted by Crippen LogP contribution is 2.22. The Morgan fingerprint density at radius 3 is 2.50 bits per heavy atom. The van der Waals surface area contributed by atoms with Crippen molar-refractivity contribution in [2.24, 2.45) is 5.73 Å². The Morgan fingerprint density at radius 1 is 1.25 bits per heavy atom. The molecular weight excluding hydrogens is 288 g/mol. The fourth-order valence-electron chi connectivity index (χ4n) is 2.35. The number of rotatable bonds is 4. The molecular formula is C12H17F2N3O2S. The molecule has 5 nitrogen and oxygen atoms in total. The van der Waals surface area contributed by atoms with Gasteiger partial charge in [0.15, 0.2) is 0 Å². The predicted molar refractivity (Wildman–Crippen MR) is 72.3 cm³/mol. The van der Waals surface area contributed by atoms with Crippen LogP contribution in [-0.2, 0) is 10.2 Å². The van der Waals surface area contributed by atoms with Crippen LogP contribution >= 0.6 is 0 Å². The topological polar surface area (TPSA) is 75.4 Å². The van der Waals surface area contributed by atoms with E-state index in [1.807, 2.05) is 0 Å². The first kappa shape index (κ1) is 15.1. The summed E-state index contributed by atoms with van der Waals surface area (Å²) >= 11 is 0. The van der Waals surface area contributed by atoms with Crippen LogP contribution in [0.1, 0.15) is 19.3 Å². The summed E-state index contributed by atoms with van der Waals surface area (Å²) in [5.41, 5.74) is 5.44. The third-order valence-corrected chi connectivity index (χ3v) is 4.86. The smallest absolute Gasteiger partial charge is 0.301 e. The number of anilines is 1. The van der Waals surface area contributed by atoms with Crippen molar-refractivity contribution in [3.05, 3.63) is 29.8 Å². The Hall–Kier alpha value is -1.25. The van der Waals surface area contributed by atoms with Gasteiger partial charge in [-0.1, -0.05) is 6.42 Å². The van der Waals surface area contributed by atoms with Crippen molar-refractivity contribution in [3.8, 4) is 0 Å². The Labute approximate surface area is 116 Å². The van der Waals surface area contributed by atoms with Crippen LogP contribution in [0.5, 0.6) is 0 Å². The molecule has 1 aromatic carbocycles. The van der Waals surface area contributed by atoms with Gasteiger partial charge in [-0.3, -0.25) is 4.72 Å². The molecule has 0 aromatic heterocycles. The first-order chi connectivity index (χ1) is 9.42. The van der Waals surface area contributed by atoms with Crippen LogP contribution in [0.2, 0.25) is 0 Å². The molecule has 0 spiro atoms. The van der Waals surface area contributed by atoms with E-state index in [9.17, 15) is 17.2 Å². The summed E-state index contributed by atoms with van der Waals surface area (Å²) in [5, 5.41) is 0. The number of benzene rings is 1. The zero-order chi connectivity index (χ0) is 14.8. The predicted octanol–water partition coefficient (Wildman–Crippen LogP) is 1.43. The van der Waals surface area contributed by atoms with Crippen molar-refractivity contribution in [3.63, 3.8) is 0 Å². The second kappa shape index (κ2) is 6.02. The SMILES string of the molecule is NCC1CCCCN1S(=O)(=O)Nc1cc(F)cc(F)c1. The maximum absolute atomic E-state index is 13.1. The molecule has 3 N–H and O–H groups in total. The van der Waals surface area contributed by atoms with Crippen molar-refractivity contribution >= 4 is 15.9 Å². The van der Waals surface area contributed by atoms with Gasteiger partial charge in [0.1, 0.15) is 11.6 Å². The summed E-state index contributed by atoms with van der Waals surface area (Å²) in [7, 11) is -3.86. The zero-order valence-corrected chi connectivity index (χ0v) is 11.7. The monoisotopic (exact) mass is 305 g/mol. The fraction of sp³-hybridized carbons (Fsp3) is 0.500. The molecule has 1 aliphatic rings. The molecule has 1 heterocycles. The number of hydrogen-bond acceptors (Lipinski definition) is 3. The van der Waals surface area contributed by atoms with E-state index in [2.05, 4.69) is 4.72 Å². The van der Waals surface area contributed by atoms with E-state index in [1.54, 1.807) is 0 Å². The zero-order valence-electron chi connectivity index (χ0n) is 10.9. The number of nitrogens with zero attached hydrogens (tertiary/aromatic N) is 1. The van der Waals surface area contributed by atoms with Gasteiger partial charge in [-0.25, -0.2) is 8.78 Å². The first-order valence-electron chi connectivity index (χ1n) is 6.38. The fourth-order valence-corrected chi connectivity index (χ4v) is 3.83. The molecule has 0 radical (unpaired) electrons. The summed E-state index contributed by atoms with van der Waals surface area (Å²) in [6, 6.07) is 2.27. The summed E-state index contributed by atoms with van der Waals surface area (Å²) in [4.78, 5) is 0. The number of piperidine rings is 1. The lowest BCUT2D eigenvalue weighted by atomic mass is 10.1. The Bertz CT molecular complexity index is 560. The molecule has 8 heteroatoms. The summed E-state index contributed by atoms with van der Waals surface area (Å²) in [6.45, 7) is 0.577. The van der Waals surface area contributed by atoms with Gasteiger partial charge in [-0.05, 0) is 25.0 Å². The van der Waals surface area contributed by atoms with Gasteiger partial charge in [0.05, 0.1) is 5.69 Å². The quantitative estimate of drug-likeness (QED) is 0.883. The molecule has 1 aliphatic heterocycles. The summed E-state index contributed by atoms with van der Waals surface area (Å²) < 4.78 is 54.1. The largest absolute Gasteiger partial charge is 0.329 e. The molecule has 0 aliphatic carbocycles. The maximum atomic E-state index is 13.1. The number of nitrogens with one attached hydrogen (secondary N) is 1. The van der Waals surface area contributed by atoms with Crippen LogP contribution in [-0.4, -0.2) is 31.9 Å².